The van der Waals surface area contributed by atoms with Crippen LogP contribution in [0.4, 0.5) is 14.6 Å². The quantitative estimate of drug-likeness (QED) is 0.276. The zero-order chi connectivity index (χ0) is 30.2. The second kappa shape index (κ2) is 10.3. The molecule has 4 atom stereocenters. The normalized spacial score (nSPS) is 26.2. The van der Waals surface area contributed by atoms with Crippen LogP contribution in [0.25, 0.3) is 33.1 Å². The van der Waals surface area contributed by atoms with Crippen molar-refractivity contribution in [3.8, 4) is 17.3 Å². The number of fused-ring (bicyclic) bond motifs is 4. The van der Waals surface area contributed by atoms with Gasteiger partial charge in [-0.15, -0.1) is 0 Å². The van der Waals surface area contributed by atoms with E-state index in [1.165, 1.54) is 0 Å². The van der Waals surface area contributed by atoms with Crippen molar-refractivity contribution >= 4 is 45.1 Å². The van der Waals surface area contributed by atoms with Gasteiger partial charge in [-0.1, -0.05) is 30.3 Å². The second-order valence-corrected chi connectivity index (χ2v) is 12.7. The number of ether oxygens (including phenoxy) is 1. The number of alkyl halides is 1. The standard InChI is InChI=1S/C32H30ClF2N7O2/c1-18(34)30(43)41-11-8-25-26(41)16-42(25)29-21-6-7-24(22-14-36-13-19-4-2-5-23(33)27(19)22)37-28(21)38-31(39-29)44-17-32-9-3-10-40(32)15-20(35)12-32/h2,4-7,13-14,20,25-26H,1,3,8-12,15-17H2/t20-,25-,26-,32+/m1/s1. The van der Waals surface area contributed by atoms with Crippen molar-refractivity contribution in [1.82, 2.24) is 29.7 Å². The van der Waals surface area contributed by atoms with Gasteiger partial charge >= 0.3 is 6.01 Å². The SMILES string of the molecule is C=C(F)C(=O)N1CC[C@@H]2[C@H]1CN2c1nc(OC[C@@]23CCCN2C[C@H](F)C3)nc2nc(-c3cncc4cccc(Cl)c34)ccc12. The number of likely N-dealkylation sites (tertiary alicyclic amines) is 1. The third-order valence-corrected chi connectivity index (χ3v) is 10.1. The molecule has 0 unspecified atom stereocenters. The summed E-state index contributed by atoms with van der Waals surface area (Å²) in [5.74, 6) is -0.969. The van der Waals surface area contributed by atoms with Crippen molar-refractivity contribution in [2.45, 2.75) is 49.5 Å². The summed E-state index contributed by atoms with van der Waals surface area (Å²) in [6, 6.07) is 9.52. The maximum Gasteiger partial charge on any atom is 0.320 e. The molecule has 0 N–H and O–H groups in total. The molecule has 7 heterocycles. The molecule has 12 heteroatoms. The molecule has 4 saturated heterocycles. The minimum Gasteiger partial charge on any atom is -0.461 e. The molecule has 1 aromatic carbocycles. The van der Waals surface area contributed by atoms with Gasteiger partial charge in [0.1, 0.15) is 18.6 Å². The van der Waals surface area contributed by atoms with Crippen LogP contribution < -0.4 is 9.64 Å². The number of hydrogen-bond donors (Lipinski definition) is 0. The molecule has 226 valence electrons. The van der Waals surface area contributed by atoms with Crippen LogP contribution in [0.15, 0.2) is 55.1 Å². The van der Waals surface area contributed by atoms with Gasteiger partial charge in [-0.2, -0.15) is 9.97 Å². The first-order valence-electron chi connectivity index (χ1n) is 15.0. The Morgan fingerprint density at radius 3 is 2.86 bits per heavy atom. The number of pyridine rings is 2. The maximum absolute atomic E-state index is 14.4. The molecule has 8 rings (SSSR count). The summed E-state index contributed by atoms with van der Waals surface area (Å²) in [5, 5.41) is 3.07. The van der Waals surface area contributed by atoms with E-state index < -0.39 is 17.9 Å². The van der Waals surface area contributed by atoms with E-state index in [1.54, 1.807) is 17.3 Å². The molecule has 4 aliphatic rings. The van der Waals surface area contributed by atoms with Crippen molar-refractivity contribution in [3.05, 3.63) is 60.2 Å². The smallest absolute Gasteiger partial charge is 0.320 e. The van der Waals surface area contributed by atoms with Crippen molar-refractivity contribution < 1.29 is 18.3 Å². The van der Waals surface area contributed by atoms with Crippen molar-refractivity contribution in [2.75, 3.05) is 37.7 Å². The number of halogens is 3. The zero-order valence-corrected chi connectivity index (χ0v) is 24.7. The lowest BCUT2D eigenvalue weighted by molar-refractivity contribution is -0.130. The van der Waals surface area contributed by atoms with Gasteiger partial charge in [-0.05, 0) is 44.0 Å². The summed E-state index contributed by atoms with van der Waals surface area (Å²) in [5.41, 5.74) is 1.50. The Labute approximate surface area is 257 Å². The highest BCUT2D eigenvalue weighted by Crippen LogP contribution is 2.42. The lowest BCUT2D eigenvalue weighted by Crippen LogP contribution is -2.63. The van der Waals surface area contributed by atoms with E-state index >= 15 is 0 Å². The minimum absolute atomic E-state index is 0.0314. The molecular weight excluding hydrogens is 588 g/mol. The molecule has 0 aliphatic carbocycles. The van der Waals surface area contributed by atoms with Gasteiger partial charge in [0.05, 0.1) is 28.7 Å². The molecule has 9 nitrogen and oxygen atoms in total. The summed E-state index contributed by atoms with van der Waals surface area (Å²) in [6.07, 6.45) is 5.62. The van der Waals surface area contributed by atoms with E-state index in [2.05, 4.69) is 21.4 Å². The first kappa shape index (κ1) is 27.6. The molecule has 0 radical (unpaired) electrons. The zero-order valence-electron chi connectivity index (χ0n) is 23.9. The number of nitrogens with zero attached hydrogens (tertiary/aromatic N) is 7. The number of carbonyl (C=O) groups excluding carboxylic acids is 1. The van der Waals surface area contributed by atoms with Gasteiger partial charge in [-0.3, -0.25) is 14.7 Å². The van der Waals surface area contributed by atoms with E-state index in [9.17, 15) is 13.6 Å². The van der Waals surface area contributed by atoms with E-state index in [-0.39, 0.29) is 30.2 Å². The second-order valence-electron chi connectivity index (χ2n) is 12.3. The predicted octanol–water partition coefficient (Wildman–Crippen LogP) is 5.12. The Kier molecular flexibility index (Phi) is 6.46. The van der Waals surface area contributed by atoms with Gasteiger partial charge in [-0.25, -0.2) is 13.8 Å². The molecule has 1 amide bonds. The Morgan fingerprint density at radius 1 is 1.11 bits per heavy atom. The van der Waals surface area contributed by atoms with Gasteiger partial charge in [0.2, 0.25) is 0 Å². The highest BCUT2D eigenvalue weighted by atomic mass is 35.5. The fraction of sp³-hybridized carbons (Fsp3) is 0.406. The van der Waals surface area contributed by atoms with Gasteiger partial charge < -0.3 is 14.5 Å². The summed E-state index contributed by atoms with van der Waals surface area (Å²) < 4.78 is 34.4. The number of hydrogen-bond acceptors (Lipinski definition) is 8. The largest absolute Gasteiger partial charge is 0.461 e. The van der Waals surface area contributed by atoms with Crippen LogP contribution in [0, 0.1) is 0 Å². The number of carbonyl (C=O) groups is 1. The van der Waals surface area contributed by atoms with Gasteiger partial charge in [0.15, 0.2) is 11.5 Å². The third-order valence-electron chi connectivity index (χ3n) is 9.82. The summed E-state index contributed by atoms with van der Waals surface area (Å²) >= 11 is 6.62. The molecule has 4 aliphatic heterocycles. The number of anilines is 1. The molecule has 4 aromatic rings. The van der Waals surface area contributed by atoms with Crippen molar-refractivity contribution in [1.29, 1.82) is 0 Å². The van der Waals surface area contributed by atoms with Crippen molar-refractivity contribution in [2.24, 2.45) is 0 Å². The van der Waals surface area contributed by atoms with Crippen LogP contribution in [-0.2, 0) is 4.79 Å². The molecule has 0 bridgehead atoms. The minimum atomic E-state index is -0.949. The molecule has 4 fully saturated rings. The van der Waals surface area contributed by atoms with Gasteiger partial charge in [0, 0.05) is 59.8 Å². The fourth-order valence-electron chi connectivity index (χ4n) is 7.71. The van der Waals surface area contributed by atoms with Crippen LogP contribution in [0.2, 0.25) is 5.02 Å². The average Bonchev–Trinajstić information content (AvgIpc) is 3.64. The molecule has 0 spiro atoms. The first-order chi connectivity index (χ1) is 21.3. The maximum atomic E-state index is 14.4. The van der Waals surface area contributed by atoms with Crippen LogP contribution in [0.5, 0.6) is 6.01 Å². The number of aromatic nitrogens is 4. The highest BCUT2D eigenvalue weighted by Gasteiger charge is 2.51. The highest BCUT2D eigenvalue weighted by molar-refractivity contribution is 6.36. The van der Waals surface area contributed by atoms with Crippen LogP contribution in [-0.4, -0.2) is 92.2 Å². The molecule has 44 heavy (non-hydrogen) atoms. The Bertz CT molecular complexity index is 1840. The summed E-state index contributed by atoms with van der Waals surface area (Å²) in [7, 11) is 0. The average molecular weight is 618 g/mol. The van der Waals surface area contributed by atoms with Crippen molar-refractivity contribution in [3.63, 3.8) is 0 Å². The number of rotatable bonds is 6. The molecule has 0 saturated carbocycles. The Balaban J connectivity index is 1.19. The van der Waals surface area contributed by atoms with E-state index in [0.717, 1.165) is 41.1 Å². The Hall–Kier alpha value is -3.96. The topological polar surface area (TPSA) is 87.6 Å². The predicted molar refractivity (Wildman–Crippen MR) is 163 cm³/mol. The third kappa shape index (κ3) is 4.31. The number of benzene rings is 1. The number of amides is 1. The van der Waals surface area contributed by atoms with Crippen LogP contribution in [0.3, 0.4) is 0 Å². The lowest BCUT2D eigenvalue weighted by atomic mass is 9.95. The summed E-state index contributed by atoms with van der Waals surface area (Å²) in [6.45, 7) is 5.70. The first-order valence-corrected chi connectivity index (χ1v) is 15.3. The van der Waals surface area contributed by atoms with Crippen LogP contribution >= 0.6 is 11.6 Å². The lowest BCUT2D eigenvalue weighted by Gasteiger charge is -2.47. The monoisotopic (exact) mass is 617 g/mol. The molecular formula is C32H30ClF2N7O2. The Morgan fingerprint density at radius 2 is 2.00 bits per heavy atom. The van der Waals surface area contributed by atoms with E-state index in [4.69, 9.17) is 31.3 Å². The molecule has 3 aromatic heterocycles. The van der Waals surface area contributed by atoms with Gasteiger partial charge in [0.25, 0.3) is 5.91 Å². The van der Waals surface area contributed by atoms with E-state index in [1.807, 2.05) is 30.3 Å². The fourth-order valence-corrected chi connectivity index (χ4v) is 7.99. The summed E-state index contributed by atoms with van der Waals surface area (Å²) in [4.78, 5) is 37.2. The van der Waals surface area contributed by atoms with Crippen LogP contribution in [0.1, 0.15) is 25.7 Å². The van der Waals surface area contributed by atoms with E-state index in [0.29, 0.717) is 54.7 Å².